The van der Waals surface area contributed by atoms with Crippen LogP contribution < -0.4 is 5.32 Å². The van der Waals surface area contributed by atoms with Crippen LogP contribution in [0, 0.1) is 6.92 Å². The molecule has 0 radical (unpaired) electrons. The molecule has 1 atom stereocenters. The van der Waals surface area contributed by atoms with Crippen molar-refractivity contribution in [2.24, 2.45) is 7.05 Å². The van der Waals surface area contributed by atoms with Crippen molar-refractivity contribution in [3.8, 4) is 0 Å². The Balaban J connectivity index is 1.52. The molecule has 1 saturated carbocycles. The standard InChI is InChI=1S/C16H25N3O3/c1-12-14(10-18-19(12)2)15(20)17-9-13-11-21-16(22-13)7-5-3-4-6-8-16/h10,13H,3-9,11H2,1-2H3,(H,17,20)/t13-/m0/s1. The van der Waals surface area contributed by atoms with E-state index in [0.717, 1.165) is 31.4 Å². The summed E-state index contributed by atoms with van der Waals surface area (Å²) in [6, 6.07) is 0. The summed E-state index contributed by atoms with van der Waals surface area (Å²) < 4.78 is 13.8. The molecule has 0 unspecified atom stereocenters. The van der Waals surface area contributed by atoms with E-state index < -0.39 is 5.79 Å². The number of ether oxygens (including phenoxy) is 2. The number of rotatable bonds is 3. The Morgan fingerprint density at radius 2 is 2.14 bits per heavy atom. The molecule has 1 aromatic rings. The van der Waals surface area contributed by atoms with Gasteiger partial charge in [-0.25, -0.2) is 0 Å². The van der Waals surface area contributed by atoms with Gasteiger partial charge in [0.2, 0.25) is 0 Å². The molecule has 0 aromatic carbocycles. The second-order valence-electron chi connectivity index (χ2n) is 6.35. The maximum absolute atomic E-state index is 12.2. The van der Waals surface area contributed by atoms with Crippen LogP contribution in [-0.2, 0) is 16.5 Å². The fourth-order valence-corrected chi connectivity index (χ4v) is 3.27. The molecule has 2 fully saturated rings. The van der Waals surface area contributed by atoms with Gasteiger partial charge in [0.15, 0.2) is 5.79 Å². The van der Waals surface area contributed by atoms with E-state index >= 15 is 0 Å². The predicted molar refractivity (Wildman–Crippen MR) is 81.5 cm³/mol. The highest BCUT2D eigenvalue weighted by molar-refractivity contribution is 5.95. The van der Waals surface area contributed by atoms with Crippen LogP contribution in [-0.4, -0.2) is 40.7 Å². The number of amides is 1. The lowest BCUT2D eigenvalue weighted by Crippen LogP contribution is -2.36. The summed E-state index contributed by atoms with van der Waals surface area (Å²) in [4.78, 5) is 12.2. The van der Waals surface area contributed by atoms with Crippen molar-refractivity contribution in [3.63, 3.8) is 0 Å². The summed E-state index contributed by atoms with van der Waals surface area (Å²) in [7, 11) is 1.83. The molecule has 1 aromatic heterocycles. The number of nitrogens with zero attached hydrogens (tertiary/aromatic N) is 2. The first-order chi connectivity index (χ1) is 10.6. The van der Waals surface area contributed by atoms with Crippen LogP contribution >= 0.6 is 0 Å². The second-order valence-corrected chi connectivity index (χ2v) is 6.35. The summed E-state index contributed by atoms with van der Waals surface area (Å²) in [5, 5.41) is 7.03. The van der Waals surface area contributed by atoms with E-state index in [2.05, 4.69) is 10.4 Å². The predicted octanol–water partition coefficient (Wildman–Crippen LogP) is 1.92. The molecular weight excluding hydrogens is 282 g/mol. The first-order valence-corrected chi connectivity index (χ1v) is 8.18. The summed E-state index contributed by atoms with van der Waals surface area (Å²) >= 11 is 0. The van der Waals surface area contributed by atoms with Crippen LogP contribution in [0.2, 0.25) is 0 Å². The molecule has 22 heavy (non-hydrogen) atoms. The molecule has 6 heteroatoms. The molecule has 1 N–H and O–H groups in total. The quantitative estimate of drug-likeness (QED) is 0.926. The van der Waals surface area contributed by atoms with E-state index in [-0.39, 0.29) is 12.0 Å². The van der Waals surface area contributed by atoms with E-state index in [1.54, 1.807) is 10.9 Å². The molecule has 6 nitrogen and oxygen atoms in total. The minimum absolute atomic E-state index is 0.0565. The number of aromatic nitrogens is 2. The van der Waals surface area contributed by atoms with Crippen LogP contribution in [0.3, 0.4) is 0 Å². The summed E-state index contributed by atoms with van der Waals surface area (Å²) in [5.41, 5.74) is 1.48. The van der Waals surface area contributed by atoms with Gasteiger partial charge < -0.3 is 14.8 Å². The van der Waals surface area contributed by atoms with Crippen LogP contribution in [0.4, 0.5) is 0 Å². The van der Waals surface area contributed by atoms with Crippen LogP contribution in [0.25, 0.3) is 0 Å². The zero-order valence-electron chi connectivity index (χ0n) is 13.4. The molecule has 3 rings (SSSR count). The van der Waals surface area contributed by atoms with Gasteiger partial charge in [-0.2, -0.15) is 5.10 Å². The van der Waals surface area contributed by atoms with Crippen molar-refractivity contribution >= 4 is 5.91 Å². The first kappa shape index (κ1) is 15.5. The number of nitrogens with one attached hydrogen (secondary N) is 1. The van der Waals surface area contributed by atoms with E-state index in [1.165, 1.54) is 12.8 Å². The molecule has 2 aliphatic rings. The zero-order valence-corrected chi connectivity index (χ0v) is 13.4. The normalized spacial score (nSPS) is 24.4. The monoisotopic (exact) mass is 307 g/mol. The Labute approximate surface area is 131 Å². The third kappa shape index (κ3) is 3.17. The van der Waals surface area contributed by atoms with Crippen molar-refractivity contribution < 1.29 is 14.3 Å². The maximum atomic E-state index is 12.2. The topological polar surface area (TPSA) is 65.4 Å². The fourth-order valence-electron chi connectivity index (χ4n) is 3.27. The van der Waals surface area contributed by atoms with Crippen LogP contribution in [0.1, 0.15) is 54.6 Å². The van der Waals surface area contributed by atoms with Gasteiger partial charge in [0, 0.05) is 32.1 Å². The Kier molecular flexibility index (Phi) is 4.49. The fraction of sp³-hybridized carbons (Fsp3) is 0.750. The highest BCUT2D eigenvalue weighted by Gasteiger charge is 2.41. The highest BCUT2D eigenvalue weighted by Crippen LogP contribution is 2.36. The molecular formula is C16H25N3O3. The largest absolute Gasteiger partial charge is 0.349 e. The Morgan fingerprint density at radius 3 is 2.77 bits per heavy atom. The molecule has 122 valence electrons. The second kappa shape index (κ2) is 6.38. The third-order valence-electron chi connectivity index (χ3n) is 4.75. The summed E-state index contributed by atoms with van der Waals surface area (Å²) in [5.74, 6) is -0.494. The molecule has 1 aliphatic heterocycles. The molecule has 1 amide bonds. The molecule has 1 spiro atoms. The number of hydrogen-bond donors (Lipinski definition) is 1. The van der Waals surface area contributed by atoms with Gasteiger partial charge in [0.1, 0.15) is 6.10 Å². The van der Waals surface area contributed by atoms with Crippen molar-refractivity contribution in [1.82, 2.24) is 15.1 Å². The van der Waals surface area contributed by atoms with E-state index in [9.17, 15) is 4.79 Å². The van der Waals surface area contributed by atoms with Crippen molar-refractivity contribution in [1.29, 1.82) is 0 Å². The lowest BCUT2D eigenvalue weighted by molar-refractivity contribution is -0.175. The lowest BCUT2D eigenvalue weighted by atomic mass is 10.1. The average molecular weight is 307 g/mol. The van der Waals surface area contributed by atoms with Crippen LogP contribution in [0.15, 0.2) is 6.20 Å². The van der Waals surface area contributed by atoms with Crippen molar-refractivity contribution in [3.05, 3.63) is 17.5 Å². The zero-order chi connectivity index (χ0) is 15.6. The summed E-state index contributed by atoms with van der Waals surface area (Å²) in [6.45, 7) is 2.93. The minimum Gasteiger partial charge on any atom is -0.349 e. The SMILES string of the molecule is Cc1c(C(=O)NC[C@H]2COC3(CCCCCC3)O2)cnn1C. The van der Waals surface area contributed by atoms with Gasteiger partial charge >= 0.3 is 0 Å². The van der Waals surface area contributed by atoms with E-state index in [4.69, 9.17) is 9.47 Å². The summed E-state index contributed by atoms with van der Waals surface area (Å²) in [6.07, 6.45) is 8.33. The molecule has 2 heterocycles. The van der Waals surface area contributed by atoms with Gasteiger partial charge in [-0.3, -0.25) is 9.48 Å². The number of carbonyl (C=O) groups excluding carboxylic acids is 1. The minimum atomic E-state index is -0.393. The van der Waals surface area contributed by atoms with Crippen LogP contribution in [0.5, 0.6) is 0 Å². The van der Waals surface area contributed by atoms with Gasteiger partial charge in [-0.1, -0.05) is 12.8 Å². The first-order valence-electron chi connectivity index (χ1n) is 8.18. The number of aryl methyl sites for hydroxylation is 1. The Bertz CT molecular complexity index is 533. The van der Waals surface area contributed by atoms with Gasteiger partial charge in [-0.15, -0.1) is 0 Å². The lowest BCUT2D eigenvalue weighted by Gasteiger charge is -2.26. The van der Waals surface area contributed by atoms with Crippen molar-refractivity contribution in [2.45, 2.75) is 57.3 Å². The van der Waals surface area contributed by atoms with E-state index in [1.807, 2.05) is 14.0 Å². The van der Waals surface area contributed by atoms with E-state index in [0.29, 0.717) is 18.7 Å². The van der Waals surface area contributed by atoms with Gasteiger partial charge in [0.05, 0.1) is 18.4 Å². The Morgan fingerprint density at radius 1 is 1.41 bits per heavy atom. The average Bonchev–Trinajstić information content (AvgIpc) is 2.96. The number of carbonyl (C=O) groups is 1. The smallest absolute Gasteiger partial charge is 0.254 e. The highest BCUT2D eigenvalue weighted by atomic mass is 16.7. The van der Waals surface area contributed by atoms with Crippen molar-refractivity contribution in [2.75, 3.05) is 13.2 Å². The number of hydrogen-bond acceptors (Lipinski definition) is 4. The molecule has 1 saturated heterocycles. The Hall–Kier alpha value is -1.40. The molecule has 1 aliphatic carbocycles. The third-order valence-corrected chi connectivity index (χ3v) is 4.75. The van der Waals surface area contributed by atoms with Gasteiger partial charge in [0.25, 0.3) is 5.91 Å². The maximum Gasteiger partial charge on any atom is 0.254 e. The molecule has 0 bridgehead atoms. The van der Waals surface area contributed by atoms with Gasteiger partial charge in [-0.05, 0) is 19.8 Å².